The van der Waals surface area contributed by atoms with Crippen LogP contribution >= 0.6 is 7.60 Å². The lowest BCUT2D eigenvalue weighted by Crippen LogP contribution is -2.45. The molecule has 0 radical (unpaired) electrons. The Morgan fingerprint density at radius 1 is 1.23 bits per heavy atom. The highest BCUT2D eigenvalue weighted by molar-refractivity contribution is 7.53. The van der Waals surface area contributed by atoms with Crippen LogP contribution in [-0.2, 0) is 25.1 Å². The zero-order chi connectivity index (χ0) is 22.7. The summed E-state index contributed by atoms with van der Waals surface area (Å²) in [7, 11) is -4.45. The molecule has 10 heteroatoms. The Labute approximate surface area is 183 Å². The number of carboxylic acid groups (broad SMARTS) is 1. The lowest BCUT2D eigenvalue weighted by atomic mass is 9.97. The second-order valence-corrected chi connectivity index (χ2v) is 9.76. The molecule has 31 heavy (non-hydrogen) atoms. The average molecular weight is 455 g/mol. The maximum atomic E-state index is 13.2. The van der Waals surface area contributed by atoms with Crippen LogP contribution in [0, 0.1) is 5.92 Å². The largest absolute Gasteiger partial charge is 0.479 e. The lowest BCUT2D eigenvalue weighted by Gasteiger charge is -2.34. The van der Waals surface area contributed by atoms with Crippen LogP contribution in [0.3, 0.4) is 0 Å². The van der Waals surface area contributed by atoms with E-state index in [1.165, 1.54) is 0 Å². The second kappa shape index (κ2) is 12.9. The molecule has 3 unspecified atom stereocenters. The number of nitrogens with two attached hydrogens (primary N) is 1. The Bertz CT molecular complexity index is 742. The van der Waals surface area contributed by atoms with Crippen LogP contribution in [-0.4, -0.2) is 53.4 Å². The first-order valence-electron chi connectivity index (χ1n) is 10.8. The fourth-order valence-electron chi connectivity index (χ4n) is 3.71. The number of rotatable bonds is 13. The van der Waals surface area contributed by atoms with Crippen molar-refractivity contribution in [2.24, 2.45) is 11.7 Å². The van der Waals surface area contributed by atoms with Crippen molar-refractivity contribution in [3.05, 3.63) is 35.9 Å². The van der Waals surface area contributed by atoms with E-state index in [4.69, 9.17) is 10.3 Å². The Morgan fingerprint density at radius 2 is 1.90 bits per heavy atom. The van der Waals surface area contributed by atoms with Crippen molar-refractivity contribution in [2.45, 2.75) is 56.8 Å². The molecule has 1 aromatic carbocycles. The zero-order valence-electron chi connectivity index (χ0n) is 17.7. The van der Waals surface area contributed by atoms with Crippen LogP contribution in [0.5, 0.6) is 0 Å². The van der Waals surface area contributed by atoms with Crippen LogP contribution in [0.2, 0.25) is 0 Å². The summed E-state index contributed by atoms with van der Waals surface area (Å²) in [6.45, 7) is 1.71. The van der Waals surface area contributed by atoms with Gasteiger partial charge in [-0.05, 0) is 69.6 Å². The Morgan fingerprint density at radius 3 is 2.52 bits per heavy atom. The van der Waals surface area contributed by atoms with Crippen molar-refractivity contribution < 1.29 is 28.7 Å². The van der Waals surface area contributed by atoms with Crippen molar-refractivity contribution in [1.82, 2.24) is 10.6 Å². The Hall–Kier alpha value is -1.77. The third-order valence-electron chi connectivity index (χ3n) is 5.45. The average Bonchev–Trinajstić information content (AvgIpc) is 2.76. The van der Waals surface area contributed by atoms with Crippen LogP contribution in [0.15, 0.2) is 30.3 Å². The lowest BCUT2D eigenvalue weighted by molar-refractivity contribution is -0.145. The van der Waals surface area contributed by atoms with Gasteiger partial charge in [0.15, 0.2) is 6.10 Å². The molecule has 0 bridgehead atoms. The number of carboxylic acids is 1. The number of carbonyl (C=O) groups is 2. The van der Waals surface area contributed by atoms with Gasteiger partial charge in [0.2, 0.25) is 5.91 Å². The molecule has 6 N–H and O–H groups in total. The normalized spacial score (nSPS) is 18.6. The fourth-order valence-corrected chi connectivity index (χ4v) is 5.54. The van der Waals surface area contributed by atoms with Crippen LogP contribution in [0.1, 0.15) is 44.1 Å². The first-order chi connectivity index (χ1) is 14.8. The first-order valence-corrected chi connectivity index (χ1v) is 12.5. The van der Waals surface area contributed by atoms with Gasteiger partial charge in [0.1, 0.15) is 5.78 Å². The van der Waals surface area contributed by atoms with Gasteiger partial charge in [0.05, 0.1) is 0 Å². The number of aliphatic carboxylic acids is 1. The molecule has 1 aliphatic rings. The summed E-state index contributed by atoms with van der Waals surface area (Å²) in [5.41, 5.74) is 6.43. The molecule has 1 fully saturated rings. The third kappa shape index (κ3) is 8.71. The molecule has 1 aromatic rings. The number of benzene rings is 1. The van der Waals surface area contributed by atoms with Crippen LogP contribution in [0.4, 0.5) is 0 Å². The van der Waals surface area contributed by atoms with Crippen LogP contribution < -0.4 is 16.4 Å². The van der Waals surface area contributed by atoms with E-state index in [-0.39, 0.29) is 24.7 Å². The van der Waals surface area contributed by atoms with Gasteiger partial charge in [-0.15, -0.1) is 0 Å². The Balaban J connectivity index is 2.08. The molecule has 174 valence electrons. The molecular formula is C21H34N3O6P. The van der Waals surface area contributed by atoms with E-state index in [1.807, 2.05) is 30.3 Å². The number of unbranched alkanes of at least 4 members (excludes halogenated alkanes) is 1. The van der Waals surface area contributed by atoms with Crippen molar-refractivity contribution in [3.8, 4) is 0 Å². The highest BCUT2D eigenvalue weighted by Crippen LogP contribution is 2.52. The van der Waals surface area contributed by atoms with Gasteiger partial charge in [-0.2, -0.15) is 0 Å². The van der Waals surface area contributed by atoms with E-state index < -0.39 is 25.5 Å². The first kappa shape index (κ1) is 25.5. The SMILES string of the molecule is NCCCCC(OP(=O)(O)C(NC(=O)CCc1ccccc1)C1CCNCC1)C(=O)O. The predicted octanol–water partition coefficient (Wildman–Crippen LogP) is 1.85. The quantitative estimate of drug-likeness (QED) is 0.223. The molecule has 0 saturated carbocycles. The van der Waals surface area contributed by atoms with Crippen LogP contribution in [0.25, 0.3) is 0 Å². The molecule has 0 aliphatic carbocycles. The maximum Gasteiger partial charge on any atom is 0.351 e. The summed E-state index contributed by atoms with van der Waals surface area (Å²) in [6.07, 6.45) is 1.55. The van der Waals surface area contributed by atoms with Gasteiger partial charge in [0, 0.05) is 6.42 Å². The summed E-state index contributed by atoms with van der Waals surface area (Å²) in [4.78, 5) is 34.9. The van der Waals surface area contributed by atoms with E-state index in [0.29, 0.717) is 51.7 Å². The van der Waals surface area contributed by atoms with Gasteiger partial charge in [0.25, 0.3) is 0 Å². The van der Waals surface area contributed by atoms with Crippen molar-refractivity contribution in [3.63, 3.8) is 0 Å². The van der Waals surface area contributed by atoms with Crippen molar-refractivity contribution >= 4 is 19.5 Å². The Kier molecular flexibility index (Phi) is 10.6. The molecule has 3 atom stereocenters. The molecule has 0 aromatic heterocycles. The third-order valence-corrected chi connectivity index (χ3v) is 7.26. The number of piperidine rings is 1. The van der Waals surface area contributed by atoms with Gasteiger partial charge in [-0.3, -0.25) is 13.9 Å². The monoisotopic (exact) mass is 455 g/mol. The van der Waals surface area contributed by atoms with Gasteiger partial charge in [-0.25, -0.2) is 4.79 Å². The van der Waals surface area contributed by atoms with Gasteiger partial charge < -0.3 is 26.4 Å². The van der Waals surface area contributed by atoms with E-state index in [1.54, 1.807) is 0 Å². The molecular weight excluding hydrogens is 421 g/mol. The molecule has 1 aliphatic heterocycles. The molecule has 1 amide bonds. The maximum absolute atomic E-state index is 13.2. The summed E-state index contributed by atoms with van der Waals surface area (Å²) >= 11 is 0. The number of nitrogens with one attached hydrogen (secondary N) is 2. The van der Waals surface area contributed by atoms with Gasteiger partial charge >= 0.3 is 13.6 Å². The molecule has 9 nitrogen and oxygen atoms in total. The van der Waals surface area contributed by atoms with Gasteiger partial charge in [-0.1, -0.05) is 30.3 Å². The molecule has 1 saturated heterocycles. The number of carbonyl (C=O) groups excluding carboxylic acids is 1. The van der Waals surface area contributed by atoms with E-state index in [0.717, 1.165) is 5.56 Å². The second-order valence-electron chi connectivity index (χ2n) is 7.87. The topological polar surface area (TPSA) is 151 Å². The number of amides is 1. The standard InChI is InChI=1S/C21H34N3O6P/c22-13-5-4-8-18(21(26)27)30-31(28,29)20(17-11-14-23-15-12-17)24-19(25)10-9-16-6-2-1-3-7-16/h1-3,6-7,17-18,20,23H,4-5,8-15,22H2,(H,24,25)(H,26,27)(H,28,29). The molecule has 0 spiro atoms. The predicted molar refractivity (Wildman–Crippen MR) is 118 cm³/mol. The smallest absolute Gasteiger partial charge is 0.351 e. The minimum atomic E-state index is -4.45. The minimum Gasteiger partial charge on any atom is -0.479 e. The van der Waals surface area contributed by atoms with Crippen molar-refractivity contribution in [1.29, 1.82) is 0 Å². The molecule has 2 rings (SSSR count). The number of aryl methyl sites for hydroxylation is 1. The molecule has 1 heterocycles. The summed E-state index contributed by atoms with van der Waals surface area (Å²) in [5, 5.41) is 15.3. The summed E-state index contributed by atoms with van der Waals surface area (Å²) < 4.78 is 18.4. The summed E-state index contributed by atoms with van der Waals surface area (Å²) in [5.74, 6) is -3.09. The fraction of sp³-hybridized carbons (Fsp3) is 0.619. The minimum absolute atomic E-state index is 0.0813. The number of hydrogen-bond acceptors (Lipinski definition) is 6. The van der Waals surface area contributed by atoms with Crippen molar-refractivity contribution in [2.75, 3.05) is 19.6 Å². The number of hydrogen-bond donors (Lipinski definition) is 5. The summed E-state index contributed by atoms with van der Waals surface area (Å²) in [6, 6.07) is 9.49. The highest BCUT2D eigenvalue weighted by Gasteiger charge is 2.43. The van der Waals surface area contributed by atoms with E-state index >= 15 is 0 Å². The van der Waals surface area contributed by atoms with E-state index in [9.17, 15) is 24.2 Å². The zero-order valence-corrected chi connectivity index (χ0v) is 18.6. The highest BCUT2D eigenvalue weighted by atomic mass is 31.2. The van der Waals surface area contributed by atoms with E-state index in [2.05, 4.69) is 10.6 Å².